The molecule has 0 atom stereocenters. The standard InChI is InChI=1S/C21H18Cl2O6/c1-10-5-18(24)14(20(26)28-10)7-13(12-3-4-16(22)17(23)9-12)8-15-19(25)6-11(2)29-21(15)27/h3-6,9,13,24-25H,7-8H2,1-2H3. The normalized spacial score (nSPS) is 11.2. The second kappa shape index (κ2) is 8.35. The molecule has 0 spiro atoms. The van der Waals surface area contributed by atoms with Crippen LogP contribution in [0.1, 0.15) is 34.1 Å². The van der Waals surface area contributed by atoms with Gasteiger partial charge in [-0.25, -0.2) is 9.59 Å². The van der Waals surface area contributed by atoms with Gasteiger partial charge in [-0.2, -0.15) is 0 Å². The van der Waals surface area contributed by atoms with Gasteiger partial charge in [-0.1, -0.05) is 29.3 Å². The van der Waals surface area contributed by atoms with Gasteiger partial charge < -0.3 is 19.0 Å². The van der Waals surface area contributed by atoms with Gasteiger partial charge in [-0.05, 0) is 50.3 Å². The Morgan fingerprint density at radius 1 is 0.828 bits per heavy atom. The van der Waals surface area contributed by atoms with E-state index in [1.54, 1.807) is 32.0 Å². The van der Waals surface area contributed by atoms with Crippen molar-refractivity contribution in [1.29, 1.82) is 0 Å². The topological polar surface area (TPSA) is 101 Å². The SMILES string of the molecule is Cc1cc(O)c(CC(Cc2c(O)cc(C)oc2=O)c2ccc(Cl)c(Cl)c2)c(=O)o1. The van der Waals surface area contributed by atoms with Gasteiger partial charge in [-0.3, -0.25) is 0 Å². The lowest BCUT2D eigenvalue weighted by Gasteiger charge is -2.18. The van der Waals surface area contributed by atoms with Crippen molar-refractivity contribution >= 4 is 23.2 Å². The van der Waals surface area contributed by atoms with Crippen molar-refractivity contribution in [2.75, 3.05) is 0 Å². The maximum Gasteiger partial charge on any atom is 0.342 e. The Morgan fingerprint density at radius 2 is 1.31 bits per heavy atom. The molecule has 3 aromatic rings. The van der Waals surface area contributed by atoms with Gasteiger partial charge in [0.25, 0.3) is 0 Å². The minimum atomic E-state index is -0.673. The molecule has 6 nitrogen and oxygen atoms in total. The number of halogens is 2. The summed E-state index contributed by atoms with van der Waals surface area (Å²) < 4.78 is 10.2. The van der Waals surface area contributed by atoms with Gasteiger partial charge in [0.15, 0.2) is 0 Å². The van der Waals surface area contributed by atoms with Gasteiger partial charge in [0.1, 0.15) is 23.0 Å². The molecular formula is C21H18Cl2O6. The average molecular weight is 437 g/mol. The summed E-state index contributed by atoms with van der Waals surface area (Å²) in [6.07, 6.45) is 0.0817. The van der Waals surface area contributed by atoms with Crippen LogP contribution in [0, 0.1) is 13.8 Å². The van der Waals surface area contributed by atoms with Crippen LogP contribution in [-0.2, 0) is 12.8 Å². The maximum atomic E-state index is 12.3. The van der Waals surface area contributed by atoms with Crippen molar-refractivity contribution in [1.82, 2.24) is 0 Å². The van der Waals surface area contributed by atoms with E-state index in [1.807, 2.05) is 0 Å². The van der Waals surface area contributed by atoms with Crippen LogP contribution in [0.2, 0.25) is 10.0 Å². The third-order valence-corrected chi connectivity index (χ3v) is 5.35. The number of rotatable bonds is 5. The van der Waals surface area contributed by atoms with E-state index in [0.29, 0.717) is 15.6 Å². The molecule has 0 bridgehead atoms. The van der Waals surface area contributed by atoms with Crippen molar-refractivity contribution in [3.05, 3.63) is 89.4 Å². The van der Waals surface area contributed by atoms with Gasteiger partial charge in [0.05, 0.1) is 21.2 Å². The molecule has 0 fully saturated rings. The molecule has 29 heavy (non-hydrogen) atoms. The Bertz CT molecular complexity index is 1110. The van der Waals surface area contributed by atoms with E-state index in [-0.39, 0.29) is 47.0 Å². The fourth-order valence-corrected chi connectivity index (χ4v) is 3.49. The van der Waals surface area contributed by atoms with E-state index in [0.717, 1.165) is 0 Å². The third-order valence-electron chi connectivity index (χ3n) is 4.61. The summed E-state index contributed by atoms with van der Waals surface area (Å²) >= 11 is 12.1. The van der Waals surface area contributed by atoms with E-state index in [4.69, 9.17) is 32.0 Å². The van der Waals surface area contributed by atoms with Gasteiger partial charge in [-0.15, -0.1) is 0 Å². The number of aryl methyl sites for hydroxylation is 2. The molecule has 3 rings (SSSR count). The highest BCUT2D eigenvalue weighted by Gasteiger charge is 2.23. The fourth-order valence-electron chi connectivity index (χ4n) is 3.19. The van der Waals surface area contributed by atoms with E-state index < -0.39 is 17.2 Å². The summed E-state index contributed by atoms with van der Waals surface area (Å²) in [5, 5.41) is 21.1. The van der Waals surface area contributed by atoms with Crippen LogP contribution in [0.3, 0.4) is 0 Å². The lowest BCUT2D eigenvalue weighted by Crippen LogP contribution is -2.18. The molecule has 0 aliphatic rings. The lowest BCUT2D eigenvalue weighted by atomic mass is 9.87. The maximum absolute atomic E-state index is 12.3. The van der Waals surface area contributed by atoms with E-state index in [9.17, 15) is 19.8 Å². The third kappa shape index (κ3) is 4.66. The smallest absolute Gasteiger partial charge is 0.342 e. The first-order valence-corrected chi connectivity index (χ1v) is 9.51. The highest BCUT2D eigenvalue weighted by Crippen LogP contribution is 2.33. The summed E-state index contributed by atoms with van der Waals surface area (Å²) in [7, 11) is 0. The zero-order chi connectivity index (χ0) is 21.3. The van der Waals surface area contributed by atoms with Crippen molar-refractivity contribution in [2.45, 2.75) is 32.6 Å². The summed E-state index contributed by atoms with van der Waals surface area (Å²) in [6.45, 7) is 3.10. The monoisotopic (exact) mass is 436 g/mol. The molecule has 0 aliphatic carbocycles. The van der Waals surface area contributed by atoms with Crippen LogP contribution < -0.4 is 11.3 Å². The van der Waals surface area contributed by atoms with Gasteiger partial charge in [0, 0.05) is 12.1 Å². The van der Waals surface area contributed by atoms with E-state index >= 15 is 0 Å². The molecule has 0 unspecified atom stereocenters. The largest absolute Gasteiger partial charge is 0.507 e. The fraction of sp³-hybridized carbons (Fsp3) is 0.238. The van der Waals surface area contributed by atoms with Crippen molar-refractivity contribution in [3.8, 4) is 11.5 Å². The highest BCUT2D eigenvalue weighted by molar-refractivity contribution is 6.42. The second-order valence-electron chi connectivity index (χ2n) is 6.80. The predicted octanol–water partition coefficient (Wildman–Crippen LogP) is 4.50. The van der Waals surface area contributed by atoms with Crippen LogP contribution in [0.15, 0.2) is 48.8 Å². The van der Waals surface area contributed by atoms with Crippen LogP contribution in [0.4, 0.5) is 0 Å². The molecule has 2 aromatic heterocycles. The molecule has 0 radical (unpaired) electrons. The Kier molecular flexibility index (Phi) is 6.05. The Hall–Kier alpha value is -2.70. The summed E-state index contributed by atoms with van der Waals surface area (Å²) in [5.74, 6) is -0.357. The van der Waals surface area contributed by atoms with Crippen molar-refractivity contribution < 1.29 is 19.0 Å². The van der Waals surface area contributed by atoms with E-state index in [1.165, 1.54) is 12.1 Å². The van der Waals surface area contributed by atoms with Crippen LogP contribution in [0.25, 0.3) is 0 Å². The predicted molar refractivity (Wildman–Crippen MR) is 109 cm³/mol. The Balaban J connectivity index is 2.09. The zero-order valence-corrected chi connectivity index (χ0v) is 17.2. The number of hydrogen-bond acceptors (Lipinski definition) is 6. The molecule has 0 saturated heterocycles. The summed E-state index contributed by atoms with van der Waals surface area (Å²) in [6, 6.07) is 7.62. The van der Waals surface area contributed by atoms with Gasteiger partial charge in [0.2, 0.25) is 0 Å². The number of hydrogen-bond donors (Lipinski definition) is 2. The Morgan fingerprint density at radius 3 is 1.72 bits per heavy atom. The Labute approximate surface area is 175 Å². The zero-order valence-electron chi connectivity index (χ0n) is 15.7. The van der Waals surface area contributed by atoms with Crippen LogP contribution in [0.5, 0.6) is 11.5 Å². The summed E-state index contributed by atoms with van der Waals surface area (Å²) in [5.41, 5.74) is -0.566. The highest BCUT2D eigenvalue weighted by atomic mass is 35.5. The minimum absolute atomic E-state index is 0.0408. The molecule has 1 aromatic carbocycles. The minimum Gasteiger partial charge on any atom is -0.507 e. The lowest BCUT2D eigenvalue weighted by molar-refractivity contribution is 0.410. The molecule has 2 N–H and O–H groups in total. The van der Waals surface area contributed by atoms with E-state index in [2.05, 4.69) is 0 Å². The molecule has 0 amide bonds. The first-order chi connectivity index (χ1) is 13.7. The number of benzene rings is 1. The molecule has 152 valence electrons. The number of aromatic hydroxyl groups is 2. The molecule has 8 heteroatoms. The average Bonchev–Trinajstić information content (AvgIpc) is 2.61. The molecule has 0 saturated carbocycles. The van der Waals surface area contributed by atoms with Crippen LogP contribution in [-0.4, -0.2) is 10.2 Å². The van der Waals surface area contributed by atoms with Crippen molar-refractivity contribution in [2.24, 2.45) is 0 Å². The first-order valence-electron chi connectivity index (χ1n) is 8.75. The molecular weight excluding hydrogens is 419 g/mol. The molecule has 0 aliphatic heterocycles. The first kappa shape index (κ1) is 21.0. The van der Waals surface area contributed by atoms with Gasteiger partial charge >= 0.3 is 11.3 Å². The summed E-state index contributed by atoms with van der Waals surface area (Å²) in [4.78, 5) is 24.6. The van der Waals surface area contributed by atoms with Crippen LogP contribution >= 0.6 is 23.2 Å². The quantitative estimate of drug-likeness (QED) is 0.610. The van der Waals surface area contributed by atoms with Crippen molar-refractivity contribution in [3.63, 3.8) is 0 Å². The second-order valence-corrected chi connectivity index (χ2v) is 7.61. The molecule has 2 heterocycles.